The van der Waals surface area contributed by atoms with Crippen molar-refractivity contribution in [2.24, 2.45) is 0 Å². The Balaban J connectivity index is 2.37. The van der Waals surface area contributed by atoms with Gasteiger partial charge in [0.1, 0.15) is 10.0 Å². The number of nitrogens with zero attached hydrogens (tertiary/aromatic N) is 3. The molecule has 0 radical (unpaired) electrons. The number of hydrogen-bond acceptors (Lipinski definition) is 5. The number of morpholine rings is 1. The number of rotatable bonds is 2. The van der Waals surface area contributed by atoms with Gasteiger partial charge in [0.05, 0.1) is 19.2 Å². The molecule has 9 heteroatoms. The van der Waals surface area contributed by atoms with Crippen molar-refractivity contribution < 1.29 is 13.2 Å². The molecular formula is C10H9BrClN3O3S. The van der Waals surface area contributed by atoms with Gasteiger partial charge in [-0.05, 0) is 22.0 Å². The van der Waals surface area contributed by atoms with E-state index in [-0.39, 0.29) is 29.7 Å². The highest BCUT2D eigenvalue weighted by atomic mass is 79.9. The fourth-order valence-corrected chi connectivity index (χ4v) is 3.99. The van der Waals surface area contributed by atoms with Crippen molar-refractivity contribution in [3.05, 3.63) is 21.9 Å². The molecule has 1 aromatic heterocycles. The van der Waals surface area contributed by atoms with Crippen molar-refractivity contribution in [3.8, 4) is 6.07 Å². The number of sulfonamides is 1. The average molecular weight is 367 g/mol. The van der Waals surface area contributed by atoms with E-state index in [9.17, 15) is 8.42 Å². The number of halogens is 2. The van der Waals surface area contributed by atoms with Gasteiger partial charge in [0.15, 0.2) is 6.10 Å². The lowest BCUT2D eigenvalue weighted by atomic mass is 10.3. The molecule has 6 nitrogen and oxygen atoms in total. The third kappa shape index (κ3) is 3.07. The van der Waals surface area contributed by atoms with Gasteiger partial charge in [0.25, 0.3) is 0 Å². The van der Waals surface area contributed by atoms with E-state index in [1.54, 1.807) is 0 Å². The van der Waals surface area contributed by atoms with Crippen molar-refractivity contribution in [1.29, 1.82) is 5.26 Å². The fourth-order valence-electron chi connectivity index (χ4n) is 1.65. The largest absolute Gasteiger partial charge is 0.361 e. The van der Waals surface area contributed by atoms with Crippen LogP contribution in [0.15, 0.2) is 21.6 Å². The van der Waals surface area contributed by atoms with Crippen molar-refractivity contribution in [1.82, 2.24) is 9.29 Å². The van der Waals surface area contributed by atoms with Crippen LogP contribution in [0.3, 0.4) is 0 Å². The summed E-state index contributed by atoms with van der Waals surface area (Å²) >= 11 is 8.99. The number of nitriles is 1. The van der Waals surface area contributed by atoms with Crippen LogP contribution in [0.1, 0.15) is 0 Å². The summed E-state index contributed by atoms with van der Waals surface area (Å²) in [5.41, 5.74) is 0. The molecule has 2 rings (SSSR count). The van der Waals surface area contributed by atoms with E-state index in [4.69, 9.17) is 21.6 Å². The summed E-state index contributed by atoms with van der Waals surface area (Å²) in [6.07, 6.45) is 0.654. The van der Waals surface area contributed by atoms with E-state index in [1.807, 2.05) is 6.07 Å². The molecule has 0 N–H and O–H groups in total. The second-order valence-corrected chi connectivity index (χ2v) is 6.97. The maximum absolute atomic E-state index is 12.4. The van der Waals surface area contributed by atoms with Crippen LogP contribution in [0.5, 0.6) is 0 Å². The molecule has 19 heavy (non-hydrogen) atoms. The Morgan fingerprint density at radius 3 is 3.05 bits per heavy atom. The maximum Gasteiger partial charge on any atom is 0.246 e. The molecular weight excluding hydrogens is 358 g/mol. The van der Waals surface area contributed by atoms with Crippen molar-refractivity contribution in [2.75, 3.05) is 19.7 Å². The van der Waals surface area contributed by atoms with E-state index in [2.05, 4.69) is 20.9 Å². The van der Waals surface area contributed by atoms with Gasteiger partial charge in [-0.3, -0.25) is 0 Å². The summed E-state index contributed by atoms with van der Waals surface area (Å²) in [4.78, 5) is 3.71. The highest BCUT2D eigenvalue weighted by molar-refractivity contribution is 9.10. The minimum absolute atomic E-state index is 0.0122. The Bertz CT molecular complexity index is 631. The standard InChI is InChI=1S/C10H9BrClN3O3S/c11-7-3-9(10(12)14-5-7)19(16,17)15-1-2-18-8(4-13)6-15/h3,5,8H,1-2,6H2. The maximum atomic E-state index is 12.4. The summed E-state index contributed by atoms with van der Waals surface area (Å²) in [5.74, 6) is 0. The summed E-state index contributed by atoms with van der Waals surface area (Å²) in [5, 5.41) is 8.71. The Labute approximate surface area is 124 Å². The first-order chi connectivity index (χ1) is 8.95. The highest BCUT2D eigenvalue weighted by Gasteiger charge is 2.32. The quantitative estimate of drug-likeness (QED) is 0.739. The topological polar surface area (TPSA) is 83.3 Å². The second-order valence-electron chi connectivity index (χ2n) is 3.79. The number of hydrogen-bond donors (Lipinski definition) is 0. The van der Waals surface area contributed by atoms with E-state index in [0.29, 0.717) is 4.47 Å². The van der Waals surface area contributed by atoms with Gasteiger partial charge in [-0.15, -0.1) is 0 Å². The molecule has 1 aliphatic heterocycles. The summed E-state index contributed by atoms with van der Waals surface area (Å²) < 4.78 is 31.7. The van der Waals surface area contributed by atoms with Gasteiger partial charge in [-0.2, -0.15) is 9.57 Å². The molecule has 1 aromatic rings. The Morgan fingerprint density at radius 2 is 2.37 bits per heavy atom. The summed E-state index contributed by atoms with van der Waals surface area (Å²) in [6, 6.07) is 3.29. The van der Waals surface area contributed by atoms with Crippen molar-refractivity contribution in [3.63, 3.8) is 0 Å². The molecule has 102 valence electrons. The van der Waals surface area contributed by atoms with Crippen LogP contribution in [-0.4, -0.2) is 43.5 Å². The molecule has 1 aliphatic rings. The zero-order valence-corrected chi connectivity index (χ0v) is 12.7. The fraction of sp³-hybridized carbons (Fsp3) is 0.400. The van der Waals surface area contributed by atoms with Gasteiger partial charge in [0, 0.05) is 17.2 Å². The van der Waals surface area contributed by atoms with Crippen LogP contribution < -0.4 is 0 Å². The molecule has 2 heterocycles. The van der Waals surface area contributed by atoms with E-state index >= 15 is 0 Å². The number of aromatic nitrogens is 1. The third-order valence-corrected chi connectivity index (χ3v) is 5.29. The molecule has 0 spiro atoms. The van der Waals surface area contributed by atoms with Crippen LogP contribution in [0.4, 0.5) is 0 Å². The molecule has 1 fully saturated rings. The predicted molar refractivity (Wildman–Crippen MR) is 71.1 cm³/mol. The lowest BCUT2D eigenvalue weighted by Crippen LogP contribution is -2.45. The third-order valence-electron chi connectivity index (χ3n) is 2.56. The first-order valence-electron chi connectivity index (χ1n) is 5.27. The molecule has 1 atom stereocenters. The van der Waals surface area contributed by atoms with Gasteiger partial charge in [-0.1, -0.05) is 11.6 Å². The summed E-state index contributed by atoms with van der Waals surface area (Å²) in [6.45, 7) is 0.349. The molecule has 0 amide bonds. The smallest absolute Gasteiger partial charge is 0.246 e. The molecule has 0 aliphatic carbocycles. The minimum atomic E-state index is -3.78. The lowest BCUT2D eigenvalue weighted by molar-refractivity contribution is 0.0311. The monoisotopic (exact) mass is 365 g/mol. The zero-order valence-electron chi connectivity index (χ0n) is 9.58. The minimum Gasteiger partial charge on any atom is -0.361 e. The Kier molecular flexibility index (Phi) is 4.43. The predicted octanol–water partition coefficient (Wildman–Crippen LogP) is 1.41. The van der Waals surface area contributed by atoms with E-state index < -0.39 is 16.1 Å². The van der Waals surface area contributed by atoms with Gasteiger partial charge >= 0.3 is 0 Å². The van der Waals surface area contributed by atoms with E-state index in [0.717, 1.165) is 0 Å². The molecule has 1 saturated heterocycles. The molecule has 0 aromatic carbocycles. The van der Waals surface area contributed by atoms with Crippen LogP contribution >= 0.6 is 27.5 Å². The average Bonchev–Trinajstić information content (AvgIpc) is 2.41. The zero-order chi connectivity index (χ0) is 14.0. The van der Waals surface area contributed by atoms with Gasteiger partial charge in [-0.25, -0.2) is 13.4 Å². The Morgan fingerprint density at radius 1 is 1.63 bits per heavy atom. The van der Waals surface area contributed by atoms with Crippen molar-refractivity contribution in [2.45, 2.75) is 11.0 Å². The summed E-state index contributed by atoms with van der Waals surface area (Å²) in [7, 11) is -3.78. The molecule has 0 bridgehead atoms. The van der Waals surface area contributed by atoms with Gasteiger partial charge < -0.3 is 4.74 Å². The second kappa shape index (κ2) is 5.73. The normalized spacial score (nSPS) is 21.0. The first-order valence-corrected chi connectivity index (χ1v) is 7.88. The van der Waals surface area contributed by atoms with E-state index in [1.165, 1.54) is 16.6 Å². The lowest BCUT2D eigenvalue weighted by Gasteiger charge is -2.29. The molecule has 0 saturated carbocycles. The first kappa shape index (κ1) is 14.7. The van der Waals surface area contributed by atoms with Crippen LogP contribution in [-0.2, 0) is 14.8 Å². The number of ether oxygens (including phenoxy) is 1. The SMILES string of the molecule is N#CC1CN(S(=O)(=O)c2cc(Br)cnc2Cl)CCO1. The Hall–Kier alpha value is -0.720. The van der Waals surface area contributed by atoms with Crippen LogP contribution in [0.25, 0.3) is 0 Å². The highest BCUT2D eigenvalue weighted by Crippen LogP contribution is 2.26. The van der Waals surface area contributed by atoms with Crippen LogP contribution in [0, 0.1) is 11.3 Å². The van der Waals surface area contributed by atoms with Crippen molar-refractivity contribution >= 4 is 37.6 Å². The number of pyridine rings is 1. The molecule has 1 unspecified atom stereocenters. The van der Waals surface area contributed by atoms with Gasteiger partial charge in [0.2, 0.25) is 10.0 Å². The van der Waals surface area contributed by atoms with Crippen LogP contribution in [0.2, 0.25) is 5.15 Å².